The predicted octanol–water partition coefficient (Wildman–Crippen LogP) is 2.85. The Morgan fingerprint density at radius 3 is 3.00 bits per heavy atom. The average molecular weight is 252 g/mol. The molecule has 1 fully saturated rings. The van der Waals surface area contributed by atoms with Gasteiger partial charge >= 0.3 is 5.97 Å². The van der Waals surface area contributed by atoms with Crippen LogP contribution in [-0.4, -0.2) is 26.3 Å². The molecule has 0 radical (unpaired) electrons. The Labute approximate surface area is 105 Å². The number of thioether (sulfide) groups is 1. The highest BCUT2D eigenvalue weighted by atomic mass is 32.2. The summed E-state index contributed by atoms with van der Waals surface area (Å²) in [5.74, 6) is -0.256. The molecule has 4 nitrogen and oxygen atoms in total. The van der Waals surface area contributed by atoms with Crippen LogP contribution in [0.3, 0.4) is 0 Å². The molecule has 0 saturated heterocycles. The van der Waals surface area contributed by atoms with Crippen LogP contribution in [0.4, 0.5) is 0 Å². The summed E-state index contributed by atoms with van der Waals surface area (Å²) in [5, 5.41) is 10.1. The van der Waals surface area contributed by atoms with E-state index in [1.807, 2.05) is 0 Å². The molecule has 1 aliphatic carbocycles. The summed E-state index contributed by atoms with van der Waals surface area (Å²) in [5.41, 5.74) is 0.0267. The number of carboxylic acid groups (broad SMARTS) is 1. The maximum Gasteiger partial charge on any atom is 0.356 e. The molecule has 0 aliphatic heterocycles. The maximum absolute atomic E-state index is 10.8. The van der Waals surface area contributed by atoms with E-state index in [-0.39, 0.29) is 5.69 Å². The quantitative estimate of drug-likeness (QED) is 0.896. The van der Waals surface area contributed by atoms with Gasteiger partial charge in [0.05, 0.1) is 12.4 Å². The largest absolute Gasteiger partial charge is 0.476 e. The van der Waals surface area contributed by atoms with E-state index < -0.39 is 5.97 Å². The molecule has 2 unspecified atom stereocenters. The minimum Gasteiger partial charge on any atom is -0.476 e. The fraction of sp³-hybridized carbons (Fsp3) is 0.583. The fourth-order valence-corrected chi connectivity index (χ4v) is 3.49. The van der Waals surface area contributed by atoms with E-state index in [9.17, 15) is 4.79 Å². The van der Waals surface area contributed by atoms with Crippen molar-refractivity contribution in [3.05, 3.63) is 18.1 Å². The second-order valence-corrected chi connectivity index (χ2v) is 5.88. The zero-order valence-electron chi connectivity index (χ0n) is 9.80. The minimum absolute atomic E-state index is 0.0267. The summed E-state index contributed by atoms with van der Waals surface area (Å²) < 4.78 is 0. The molecule has 0 bridgehead atoms. The van der Waals surface area contributed by atoms with Crippen LogP contribution in [0, 0.1) is 5.92 Å². The Morgan fingerprint density at radius 1 is 1.47 bits per heavy atom. The first kappa shape index (κ1) is 12.4. The third-order valence-electron chi connectivity index (χ3n) is 3.01. The van der Waals surface area contributed by atoms with Crippen molar-refractivity contribution in [2.45, 2.75) is 42.9 Å². The van der Waals surface area contributed by atoms with Gasteiger partial charge in [0, 0.05) is 5.25 Å². The monoisotopic (exact) mass is 252 g/mol. The first-order valence-electron chi connectivity index (χ1n) is 5.87. The van der Waals surface area contributed by atoms with Crippen LogP contribution < -0.4 is 0 Å². The van der Waals surface area contributed by atoms with E-state index in [1.54, 1.807) is 18.0 Å². The normalized spacial score (nSPS) is 24.5. The van der Waals surface area contributed by atoms with Gasteiger partial charge in [-0.25, -0.2) is 9.78 Å². The molecule has 2 rings (SSSR count). The van der Waals surface area contributed by atoms with Crippen molar-refractivity contribution in [3.8, 4) is 0 Å². The molecule has 0 aromatic carbocycles. The van der Waals surface area contributed by atoms with Gasteiger partial charge in [-0.3, -0.25) is 4.98 Å². The maximum atomic E-state index is 10.8. The molecule has 0 amide bonds. The zero-order chi connectivity index (χ0) is 12.3. The lowest BCUT2D eigenvalue weighted by atomic mass is 9.91. The molecule has 1 saturated carbocycles. The van der Waals surface area contributed by atoms with Gasteiger partial charge in [-0.05, 0) is 18.8 Å². The summed E-state index contributed by atoms with van der Waals surface area (Å²) in [6.07, 6.45) is 7.87. The highest BCUT2D eigenvalue weighted by Crippen LogP contribution is 2.34. The first-order chi connectivity index (χ1) is 8.15. The minimum atomic E-state index is -1.02. The number of aromatic nitrogens is 2. The van der Waals surface area contributed by atoms with E-state index in [1.165, 1.54) is 31.9 Å². The molecule has 0 spiro atoms. The molecule has 5 heteroatoms. The Morgan fingerprint density at radius 2 is 2.29 bits per heavy atom. The van der Waals surface area contributed by atoms with Gasteiger partial charge in [0.15, 0.2) is 5.69 Å². The highest BCUT2D eigenvalue weighted by Gasteiger charge is 2.20. The lowest BCUT2D eigenvalue weighted by molar-refractivity contribution is 0.0689. The van der Waals surface area contributed by atoms with Crippen molar-refractivity contribution in [1.29, 1.82) is 0 Å². The molecule has 1 N–H and O–H groups in total. The lowest BCUT2D eigenvalue weighted by Gasteiger charge is -2.25. The SMILES string of the molecule is CC1CCCC(Sc2cncc(C(=O)O)n2)C1. The van der Waals surface area contributed by atoms with Crippen molar-refractivity contribution in [2.24, 2.45) is 5.92 Å². The number of carboxylic acids is 1. The van der Waals surface area contributed by atoms with Crippen molar-refractivity contribution >= 4 is 17.7 Å². The van der Waals surface area contributed by atoms with E-state index in [0.29, 0.717) is 5.25 Å². The number of rotatable bonds is 3. The molecule has 1 aromatic heterocycles. The zero-order valence-corrected chi connectivity index (χ0v) is 10.6. The van der Waals surface area contributed by atoms with Gasteiger partial charge in [-0.1, -0.05) is 19.8 Å². The Hall–Kier alpha value is -1.10. The van der Waals surface area contributed by atoms with Gasteiger partial charge in [-0.15, -0.1) is 11.8 Å². The average Bonchev–Trinajstić information content (AvgIpc) is 2.29. The van der Waals surface area contributed by atoms with Crippen LogP contribution in [0.25, 0.3) is 0 Å². The van der Waals surface area contributed by atoms with Gasteiger partial charge < -0.3 is 5.11 Å². The summed E-state index contributed by atoms with van der Waals surface area (Å²) in [6, 6.07) is 0. The standard InChI is InChI=1S/C12H16N2O2S/c1-8-3-2-4-9(5-8)17-11-7-13-6-10(14-11)12(15)16/h6-9H,2-5H2,1H3,(H,15,16). The van der Waals surface area contributed by atoms with Crippen LogP contribution >= 0.6 is 11.8 Å². The highest BCUT2D eigenvalue weighted by molar-refractivity contribution is 7.99. The molecule has 1 heterocycles. The Kier molecular flexibility index (Phi) is 3.99. The van der Waals surface area contributed by atoms with Crippen LogP contribution in [0.1, 0.15) is 43.1 Å². The number of aromatic carboxylic acids is 1. The number of hydrogen-bond acceptors (Lipinski definition) is 4. The van der Waals surface area contributed by atoms with E-state index in [2.05, 4.69) is 16.9 Å². The number of carbonyl (C=O) groups is 1. The molecular formula is C12H16N2O2S. The van der Waals surface area contributed by atoms with E-state index in [0.717, 1.165) is 10.9 Å². The summed E-state index contributed by atoms with van der Waals surface area (Å²) >= 11 is 1.66. The lowest BCUT2D eigenvalue weighted by Crippen LogP contribution is -2.15. The predicted molar refractivity (Wildman–Crippen MR) is 66.3 cm³/mol. The molecule has 92 valence electrons. The fourth-order valence-electron chi connectivity index (χ4n) is 2.16. The molecule has 1 aliphatic rings. The Bertz CT molecular complexity index is 411. The van der Waals surface area contributed by atoms with Crippen LogP contribution in [0.2, 0.25) is 0 Å². The van der Waals surface area contributed by atoms with E-state index in [4.69, 9.17) is 5.11 Å². The van der Waals surface area contributed by atoms with Gasteiger partial charge in [0.1, 0.15) is 5.03 Å². The van der Waals surface area contributed by atoms with E-state index >= 15 is 0 Å². The third kappa shape index (κ3) is 3.43. The number of hydrogen-bond donors (Lipinski definition) is 1. The van der Waals surface area contributed by atoms with Crippen molar-refractivity contribution in [3.63, 3.8) is 0 Å². The molecule has 2 atom stereocenters. The summed E-state index contributed by atoms with van der Waals surface area (Å²) in [4.78, 5) is 18.8. The van der Waals surface area contributed by atoms with Crippen molar-refractivity contribution in [2.75, 3.05) is 0 Å². The molecular weight excluding hydrogens is 236 g/mol. The first-order valence-corrected chi connectivity index (χ1v) is 6.75. The van der Waals surface area contributed by atoms with Crippen molar-refractivity contribution < 1.29 is 9.90 Å². The smallest absolute Gasteiger partial charge is 0.356 e. The molecule has 1 aromatic rings. The molecule has 17 heavy (non-hydrogen) atoms. The second-order valence-electron chi connectivity index (χ2n) is 4.56. The van der Waals surface area contributed by atoms with Gasteiger partial charge in [-0.2, -0.15) is 0 Å². The number of nitrogens with zero attached hydrogens (tertiary/aromatic N) is 2. The third-order valence-corrected chi connectivity index (χ3v) is 4.21. The topological polar surface area (TPSA) is 63.1 Å². The van der Waals surface area contributed by atoms with Gasteiger partial charge in [0.2, 0.25) is 0 Å². The van der Waals surface area contributed by atoms with Gasteiger partial charge in [0.25, 0.3) is 0 Å². The summed E-state index contributed by atoms with van der Waals surface area (Å²) in [6.45, 7) is 2.27. The Balaban J connectivity index is 2.02. The van der Waals surface area contributed by atoms with Crippen molar-refractivity contribution in [1.82, 2.24) is 9.97 Å². The van der Waals surface area contributed by atoms with Crippen LogP contribution in [0.15, 0.2) is 17.4 Å². The second kappa shape index (κ2) is 5.49. The van der Waals surface area contributed by atoms with Crippen LogP contribution in [0.5, 0.6) is 0 Å². The summed E-state index contributed by atoms with van der Waals surface area (Å²) in [7, 11) is 0. The van der Waals surface area contributed by atoms with Crippen LogP contribution in [-0.2, 0) is 0 Å².